The standard InChI is InChI=1S/C25H27F4NO2.C8H9NO2.C2H2.CH3NO/c1-2-3-7-15-30-23(14-9-16-31)22(17-19-10-5-4-6-11-19)20-12-8-13-21(18-20)32-25(28,29)24(26)27;1-9-7-4-2-3-6(5-7)8(10)11;1-2;2-1-3/h4-15,18,22,24,31H,2-3,16-17H2,1H3;2-5,9H,1H3,(H,10,11);1-2H;1H,(H2,2,3)/b14-9-,15-7+,30-23-;;;. The van der Waals surface area contributed by atoms with Gasteiger partial charge >= 0.3 is 18.5 Å². The lowest BCUT2D eigenvalue weighted by molar-refractivity contribution is -0.253. The number of hydrogen-bond acceptors (Lipinski definition) is 6. The number of anilines is 1. The number of aliphatic hydroxyl groups is 1. The maximum absolute atomic E-state index is 13.4. The predicted octanol–water partition coefficient (Wildman–Crippen LogP) is 7.33. The van der Waals surface area contributed by atoms with Gasteiger partial charge in [-0.25, -0.2) is 4.79 Å². The van der Waals surface area contributed by atoms with Crippen molar-refractivity contribution in [3.05, 3.63) is 120 Å². The van der Waals surface area contributed by atoms with Crippen molar-refractivity contribution in [3.8, 4) is 18.6 Å². The Morgan fingerprint density at radius 3 is 2.25 bits per heavy atom. The Bertz CT molecular complexity index is 1460. The molecule has 0 bridgehead atoms. The third-order valence-electron chi connectivity index (χ3n) is 5.98. The largest absolute Gasteiger partial charge is 0.478 e. The molecule has 258 valence electrons. The molecule has 3 aromatic carbocycles. The van der Waals surface area contributed by atoms with Crippen LogP contribution >= 0.6 is 0 Å². The van der Waals surface area contributed by atoms with Crippen LogP contribution in [0.4, 0.5) is 23.2 Å². The van der Waals surface area contributed by atoms with Crippen LogP contribution in [-0.2, 0) is 11.2 Å². The number of nitrogens with one attached hydrogen (secondary N) is 1. The zero-order valence-corrected chi connectivity index (χ0v) is 26.7. The smallest absolute Gasteiger partial charge is 0.461 e. The number of amides is 1. The fraction of sp³-hybridized carbons (Fsp3) is 0.250. The molecule has 12 heteroatoms. The van der Waals surface area contributed by atoms with E-state index in [1.54, 1.807) is 43.6 Å². The van der Waals surface area contributed by atoms with Crippen molar-refractivity contribution in [1.29, 1.82) is 0 Å². The number of rotatable bonds is 14. The van der Waals surface area contributed by atoms with E-state index >= 15 is 0 Å². The molecular weight excluding hydrogens is 630 g/mol. The number of hydrogen-bond donors (Lipinski definition) is 4. The number of carbonyl (C=O) groups excluding carboxylic acids is 1. The van der Waals surface area contributed by atoms with Gasteiger partial charge in [-0.1, -0.05) is 74.0 Å². The van der Waals surface area contributed by atoms with E-state index in [9.17, 15) is 27.5 Å². The number of allylic oxidation sites excluding steroid dienone is 2. The van der Waals surface area contributed by atoms with Crippen LogP contribution in [0.2, 0.25) is 0 Å². The van der Waals surface area contributed by atoms with Crippen LogP contribution < -0.4 is 15.8 Å². The van der Waals surface area contributed by atoms with Crippen LogP contribution in [0.5, 0.6) is 5.75 Å². The number of nitrogens with zero attached hydrogens (tertiary/aromatic N) is 1. The van der Waals surface area contributed by atoms with Gasteiger partial charge in [0.25, 0.3) is 0 Å². The fourth-order valence-electron chi connectivity index (χ4n) is 3.85. The number of carboxylic acid groups (broad SMARTS) is 1. The van der Waals surface area contributed by atoms with Gasteiger partial charge in [-0.3, -0.25) is 9.79 Å². The molecule has 3 rings (SSSR count). The number of carbonyl (C=O) groups is 2. The van der Waals surface area contributed by atoms with Crippen LogP contribution in [0.25, 0.3) is 0 Å². The molecule has 0 spiro atoms. The summed E-state index contributed by atoms with van der Waals surface area (Å²) in [4.78, 5) is 23.6. The summed E-state index contributed by atoms with van der Waals surface area (Å²) in [6.07, 6.45) is 8.78. The topological polar surface area (TPSA) is 134 Å². The van der Waals surface area contributed by atoms with Gasteiger partial charge in [-0.2, -0.15) is 17.6 Å². The summed E-state index contributed by atoms with van der Waals surface area (Å²) in [5, 5.41) is 20.7. The minimum absolute atomic E-state index is 0.195. The fourth-order valence-corrected chi connectivity index (χ4v) is 3.85. The normalized spacial score (nSPS) is 11.7. The Morgan fingerprint density at radius 2 is 1.69 bits per heavy atom. The van der Waals surface area contributed by atoms with Crippen molar-refractivity contribution in [2.24, 2.45) is 10.7 Å². The number of aromatic carboxylic acids is 1. The number of alkyl halides is 4. The summed E-state index contributed by atoms with van der Waals surface area (Å²) >= 11 is 0. The number of carboxylic acids is 1. The molecular formula is C36H41F4N3O5. The summed E-state index contributed by atoms with van der Waals surface area (Å²) in [6.45, 7) is 1.85. The highest BCUT2D eigenvalue weighted by molar-refractivity contribution is 6.00. The third kappa shape index (κ3) is 16.8. The SMILES string of the molecule is C#C.CCC/C=C/N=C(/C=C\CO)C(Cc1ccccc1)c1cccc(OC(F)(F)C(F)F)c1.CNc1cccc(C(=O)O)c1.NC=O. The van der Waals surface area contributed by atoms with Crippen molar-refractivity contribution >= 4 is 23.8 Å². The number of benzene rings is 3. The molecule has 3 aromatic rings. The average Bonchev–Trinajstić information content (AvgIpc) is 3.09. The second kappa shape index (κ2) is 24.8. The number of primary amides is 1. The van der Waals surface area contributed by atoms with Crippen molar-refractivity contribution < 1.29 is 42.1 Å². The zero-order chi connectivity index (χ0) is 36.4. The number of halogens is 4. The maximum atomic E-state index is 13.4. The number of ether oxygens (including phenoxy) is 1. The third-order valence-corrected chi connectivity index (χ3v) is 5.98. The van der Waals surface area contributed by atoms with Crippen molar-refractivity contribution in [1.82, 2.24) is 0 Å². The number of aliphatic imine (C=N–C) groups is 1. The predicted molar refractivity (Wildman–Crippen MR) is 182 cm³/mol. The van der Waals surface area contributed by atoms with Crippen LogP contribution in [0.1, 0.15) is 47.2 Å². The summed E-state index contributed by atoms with van der Waals surface area (Å²) in [6, 6.07) is 21.9. The number of aliphatic hydroxyl groups excluding tert-OH is 1. The Hall–Kier alpha value is -5.41. The van der Waals surface area contributed by atoms with Gasteiger partial charge in [0, 0.05) is 30.6 Å². The molecule has 1 atom stereocenters. The second-order valence-corrected chi connectivity index (χ2v) is 9.36. The van der Waals surface area contributed by atoms with Crippen LogP contribution in [-0.4, -0.2) is 54.5 Å². The van der Waals surface area contributed by atoms with E-state index in [-0.39, 0.29) is 18.8 Å². The summed E-state index contributed by atoms with van der Waals surface area (Å²) in [7, 11) is 1.75. The van der Waals surface area contributed by atoms with Crippen molar-refractivity contribution in [2.75, 3.05) is 19.0 Å². The molecule has 5 N–H and O–H groups in total. The number of unbranched alkanes of at least 4 members (excludes halogenated alkanes) is 1. The van der Waals surface area contributed by atoms with Crippen LogP contribution in [0.15, 0.2) is 108 Å². The summed E-state index contributed by atoms with van der Waals surface area (Å²) < 4.78 is 56.3. The Morgan fingerprint density at radius 1 is 1.04 bits per heavy atom. The average molecular weight is 672 g/mol. The highest BCUT2D eigenvalue weighted by atomic mass is 19.3. The summed E-state index contributed by atoms with van der Waals surface area (Å²) in [5.74, 6) is -1.66. The van der Waals surface area contributed by atoms with Crippen molar-refractivity contribution in [2.45, 2.75) is 44.6 Å². The number of nitrogens with two attached hydrogens (primary N) is 1. The van der Waals surface area contributed by atoms with E-state index in [1.807, 2.05) is 49.4 Å². The molecule has 8 nitrogen and oxygen atoms in total. The lowest BCUT2D eigenvalue weighted by Crippen LogP contribution is -2.33. The van der Waals surface area contributed by atoms with Crippen LogP contribution in [0.3, 0.4) is 0 Å². The van der Waals surface area contributed by atoms with E-state index in [0.29, 0.717) is 23.3 Å². The lowest BCUT2D eigenvalue weighted by atomic mass is 9.87. The Balaban J connectivity index is 0.00000114. The molecule has 48 heavy (non-hydrogen) atoms. The summed E-state index contributed by atoms with van der Waals surface area (Å²) in [5.41, 5.74) is 7.42. The van der Waals surface area contributed by atoms with Gasteiger partial charge in [0.1, 0.15) is 5.75 Å². The van der Waals surface area contributed by atoms with Gasteiger partial charge in [-0.15, -0.1) is 12.8 Å². The van der Waals surface area contributed by atoms with Gasteiger partial charge in [0.05, 0.1) is 12.2 Å². The van der Waals surface area contributed by atoms with E-state index in [1.165, 1.54) is 24.3 Å². The van der Waals surface area contributed by atoms with Gasteiger partial charge in [0.15, 0.2) is 0 Å². The van der Waals surface area contributed by atoms with Gasteiger partial charge in [-0.05, 0) is 60.4 Å². The van der Waals surface area contributed by atoms with Gasteiger partial charge in [0.2, 0.25) is 6.41 Å². The molecule has 0 aromatic heterocycles. The molecule has 0 saturated carbocycles. The first-order valence-corrected chi connectivity index (χ1v) is 14.5. The van der Waals surface area contributed by atoms with E-state index in [2.05, 4.69) is 33.6 Å². The molecule has 0 aliphatic carbocycles. The zero-order valence-electron chi connectivity index (χ0n) is 26.7. The first kappa shape index (κ1) is 42.6. The molecule has 0 fully saturated rings. The number of terminal acetylenes is 1. The molecule has 0 radical (unpaired) electrons. The Labute approximate surface area is 278 Å². The maximum Gasteiger partial charge on any atom is 0.461 e. The first-order valence-electron chi connectivity index (χ1n) is 14.5. The second-order valence-electron chi connectivity index (χ2n) is 9.36. The highest BCUT2D eigenvalue weighted by Crippen LogP contribution is 2.31. The molecule has 0 heterocycles. The highest BCUT2D eigenvalue weighted by Gasteiger charge is 2.44. The quantitative estimate of drug-likeness (QED) is 0.0614. The van der Waals surface area contributed by atoms with E-state index in [4.69, 9.17) is 9.90 Å². The molecule has 0 saturated heterocycles. The lowest BCUT2D eigenvalue weighted by Gasteiger charge is -2.21. The minimum Gasteiger partial charge on any atom is -0.478 e. The van der Waals surface area contributed by atoms with Crippen LogP contribution in [0, 0.1) is 12.8 Å². The molecule has 0 aliphatic heterocycles. The van der Waals surface area contributed by atoms with E-state index in [0.717, 1.165) is 24.1 Å². The molecule has 0 aliphatic rings. The monoisotopic (exact) mass is 671 g/mol. The Kier molecular flexibility index (Phi) is 22.0. The first-order chi connectivity index (χ1) is 23.0. The van der Waals surface area contributed by atoms with Gasteiger partial charge < -0.3 is 26.0 Å². The molecule has 1 amide bonds. The van der Waals surface area contributed by atoms with Crippen molar-refractivity contribution in [3.63, 3.8) is 0 Å². The van der Waals surface area contributed by atoms with E-state index < -0.39 is 24.4 Å². The minimum atomic E-state index is -4.59. The molecule has 1 unspecified atom stereocenters.